The summed E-state index contributed by atoms with van der Waals surface area (Å²) in [4.78, 5) is 8.87. The van der Waals surface area contributed by atoms with Crippen LogP contribution in [0.5, 0.6) is 0 Å². The molecule has 0 fully saturated rings. The Bertz CT molecular complexity index is 704. The van der Waals surface area contributed by atoms with Crippen molar-refractivity contribution in [3.8, 4) is 0 Å². The van der Waals surface area contributed by atoms with Crippen LogP contribution in [0.25, 0.3) is 0 Å². The van der Waals surface area contributed by atoms with Gasteiger partial charge in [-0.05, 0) is 42.7 Å². The molecule has 2 aromatic heterocycles. The number of nitrogens with zero attached hydrogens (tertiary/aromatic N) is 2. The smallest absolute Gasteiger partial charge is 0.174 e. The molecule has 0 unspecified atom stereocenters. The number of hydrogen-bond donors (Lipinski definition) is 1. The molecule has 1 aromatic carbocycles. The Morgan fingerprint density at radius 1 is 0.727 bits per heavy atom. The highest BCUT2D eigenvalue weighted by molar-refractivity contribution is 5.42. The second-order valence-corrected chi connectivity index (χ2v) is 5.52. The Balaban J connectivity index is 2.22. The molecule has 3 heteroatoms. The zero-order valence-electron chi connectivity index (χ0n) is 12.7. The zero-order valence-corrected chi connectivity index (χ0v) is 12.7. The number of benzene rings is 1. The van der Waals surface area contributed by atoms with Crippen LogP contribution >= 0.6 is 0 Å². The summed E-state index contributed by atoms with van der Waals surface area (Å²) in [5.74, 6) is 0. The fourth-order valence-corrected chi connectivity index (χ4v) is 2.47. The Kier molecular flexibility index (Phi) is 3.73. The lowest BCUT2D eigenvalue weighted by atomic mass is 9.86. The van der Waals surface area contributed by atoms with Gasteiger partial charge in [0.25, 0.3) is 0 Å². The van der Waals surface area contributed by atoms with Gasteiger partial charge in [-0.3, -0.25) is 9.97 Å². The van der Waals surface area contributed by atoms with Crippen molar-refractivity contribution in [1.29, 1.82) is 0 Å². The molecule has 0 atom stereocenters. The van der Waals surface area contributed by atoms with Crippen molar-refractivity contribution in [3.05, 3.63) is 95.1 Å². The monoisotopic (exact) mass is 290 g/mol. The van der Waals surface area contributed by atoms with Crippen molar-refractivity contribution in [2.45, 2.75) is 19.4 Å². The van der Waals surface area contributed by atoms with E-state index >= 15 is 0 Å². The Hall–Kier alpha value is -2.52. The molecule has 0 spiro atoms. The van der Waals surface area contributed by atoms with Crippen molar-refractivity contribution in [2.75, 3.05) is 0 Å². The van der Waals surface area contributed by atoms with E-state index in [-0.39, 0.29) is 0 Å². The molecule has 0 aliphatic heterocycles. The molecule has 3 rings (SSSR count). The molecule has 0 aliphatic carbocycles. The predicted octanol–water partition coefficient (Wildman–Crippen LogP) is 3.38. The molecule has 0 radical (unpaired) electrons. The highest BCUT2D eigenvalue weighted by Crippen LogP contribution is 2.34. The van der Waals surface area contributed by atoms with Crippen LogP contribution in [0.3, 0.4) is 0 Å². The van der Waals surface area contributed by atoms with Crippen LogP contribution < -0.4 is 0 Å². The van der Waals surface area contributed by atoms with Crippen molar-refractivity contribution < 1.29 is 5.11 Å². The van der Waals surface area contributed by atoms with Gasteiger partial charge in [0.15, 0.2) is 5.60 Å². The maximum Gasteiger partial charge on any atom is 0.174 e. The summed E-state index contributed by atoms with van der Waals surface area (Å²) in [7, 11) is 0. The summed E-state index contributed by atoms with van der Waals surface area (Å²) in [5.41, 5.74) is 2.64. The van der Waals surface area contributed by atoms with Crippen LogP contribution in [0.4, 0.5) is 0 Å². The molecule has 0 saturated carbocycles. The largest absolute Gasteiger partial charge is 0.373 e. The third-order valence-corrected chi connectivity index (χ3v) is 3.76. The second-order valence-electron chi connectivity index (χ2n) is 5.52. The Morgan fingerprint density at radius 2 is 1.23 bits per heavy atom. The minimum atomic E-state index is -1.36. The van der Waals surface area contributed by atoms with E-state index in [0.717, 1.165) is 16.7 Å². The third-order valence-electron chi connectivity index (χ3n) is 3.76. The Labute approximate surface area is 130 Å². The SMILES string of the molecule is Cc1ccc(C(O)(c2ccccc2)c2ccc(C)cn2)nc1. The quantitative estimate of drug-likeness (QED) is 0.804. The van der Waals surface area contributed by atoms with Gasteiger partial charge in [-0.25, -0.2) is 0 Å². The van der Waals surface area contributed by atoms with E-state index in [1.54, 1.807) is 12.4 Å². The zero-order chi connectivity index (χ0) is 15.6. The number of aromatic nitrogens is 2. The normalized spacial score (nSPS) is 11.4. The number of hydrogen-bond acceptors (Lipinski definition) is 3. The van der Waals surface area contributed by atoms with Gasteiger partial charge in [-0.1, -0.05) is 42.5 Å². The summed E-state index contributed by atoms with van der Waals surface area (Å²) < 4.78 is 0. The van der Waals surface area contributed by atoms with Crippen LogP contribution in [0.15, 0.2) is 67.0 Å². The van der Waals surface area contributed by atoms with E-state index < -0.39 is 5.60 Å². The predicted molar refractivity (Wildman–Crippen MR) is 86.5 cm³/mol. The number of aliphatic hydroxyl groups is 1. The standard InChI is InChI=1S/C19H18N2O/c1-14-8-10-17(20-12-14)19(22,16-6-4-3-5-7-16)18-11-9-15(2)13-21-18/h3-13,22H,1-2H3. The highest BCUT2D eigenvalue weighted by atomic mass is 16.3. The van der Waals surface area contributed by atoms with E-state index in [2.05, 4.69) is 9.97 Å². The lowest BCUT2D eigenvalue weighted by Gasteiger charge is -2.28. The van der Waals surface area contributed by atoms with Gasteiger partial charge >= 0.3 is 0 Å². The van der Waals surface area contributed by atoms with Crippen molar-refractivity contribution in [3.63, 3.8) is 0 Å². The van der Waals surface area contributed by atoms with E-state index in [9.17, 15) is 5.11 Å². The summed E-state index contributed by atoms with van der Waals surface area (Å²) >= 11 is 0. The molecular weight excluding hydrogens is 272 g/mol. The first-order valence-corrected chi connectivity index (χ1v) is 7.25. The molecule has 1 N–H and O–H groups in total. The number of rotatable bonds is 3. The average Bonchev–Trinajstić information content (AvgIpc) is 2.56. The van der Waals surface area contributed by atoms with Crippen LogP contribution in [-0.2, 0) is 5.60 Å². The minimum absolute atomic E-state index is 0.570. The van der Waals surface area contributed by atoms with Gasteiger partial charge < -0.3 is 5.11 Å². The summed E-state index contributed by atoms with van der Waals surface area (Å²) in [6.45, 7) is 3.95. The molecule has 110 valence electrons. The highest BCUT2D eigenvalue weighted by Gasteiger charge is 2.36. The van der Waals surface area contributed by atoms with Crippen molar-refractivity contribution in [2.24, 2.45) is 0 Å². The molecule has 0 amide bonds. The lowest BCUT2D eigenvalue weighted by molar-refractivity contribution is 0.116. The molecule has 0 aliphatic rings. The van der Waals surface area contributed by atoms with E-state index in [4.69, 9.17) is 0 Å². The second kappa shape index (κ2) is 5.70. The van der Waals surface area contributed by atoms with Crippen molar-refractivity contribution >= 4 is 0 Å². The van der Waals surface area contributed by atoms with Gasteiger partial charge in [0.05, 0.1) is 11.4 Å². The molecule has 0 saturated heterocycles. The maximum absolute atomic E-state index is 11.5. The molecule has 3 nitrogen and oxygen atoms in total. The van der Waals surface area contributed by atoms with Gasteiger partial charge in [0.1, 0.15) is 0 Å². The lowest BCUT2D eigenvalue weighted by Crippen LogP contribution is -2.31. The molecule has 2 heterocycles. The van der Waals surface area contributed by atoms with E-state index in [1.165, 1.54) is 0 Å². The topological polar surface area (TPSA) is 46.0 Å². The van der Waals surface area contributed by atoms with Crippen LogP contribution in [-0.4, -0.2) is 15.1 Å². The van der Waals surface area contributed by atoms with Crippen LogP contribution in [0, 0.1) is 13.8 Å². The first kappa shape index (κ1) is 14.4. The maximum atomic E-state index is 11.5. The summed E-state index contributed by atoms with van der Waals surface area (Å²) in [6, 6.07) is 17.1. The number of pyridine rings is 2. The fourth-order valence-electron chi connectivity index (χ4n) is 2.47. The summed E-state index contributed by atoms with van der Waals surface area (Å²) in [6.07, 6.45) is 3.52. The Morgan fingerprint density at radius 3 is 1.64 bits per heavy atom. The minimum Gasteiger partial charge on any atom is -0.373 e. The summed E-state index contributed by atoms with van der Waals surface area (Å²) in [5, 5.41) is 11.5. The average molecular weight is 290 g/mol. The first-order valence-electron chi connectivity index (χ1n) is 7.25. The van der Waals surface area contributed by atoms with Gasteiger partial charge in [0, 0.05) is 12.4 Å². The van der Waals surface area contributed by atoms with Crippen LogP contribution in [0.2, 0.25) is 0 Å². The van der Waals surface area contributed by atoms with Gasteiger partial charge in [-0.2, -0.15) is 0 Å². The third kappa shape index (κ3) is 2.51. The van der Waals surface area contributed by atoms with E-state index in [0.29, 0.717) is 11.4 Å². The fraction of sp³-hybridized carbons (Fsp3) is 0.158. The molecule has 22 heavy (non-hydrogen) atoms. The van der Waals surface area contributed by atoms with Crippen LogP contribution in [0.1, 0.15) is 28.1 Å². The van der Waals surface area contributed by atoms with E-state index in [1.807, 2.05) is 68.4 Å². The molecular formula is C19H18N2O. The number of aryl methyl sites for hydroxylation is 2. The van der Waals surface area contributed by atoms with Crippen molar-refractivity contribution in [1.82, 2.24) is 9.97 Å². The first-order chi connectivity index (χ1) is 10.6. The van der Waals surface area contributed by atoms with Gasteiger partial charge in [-0.15, -0.1) is 0 Å². The molecule has 0 bridgehead atoms. The molecule has 3 aromatic rings. The van der Waals surface area contributed by atoms with Gasteiger partial charge in [0.2, 0.25) is 0 Å².